The van der Waals surface area contributed by atoms with E-state index in [2.05, 4.69) is 27.5 Å². The minimum Gasteiger partial charge on any atom is -0.378 e. The Morgan fingerprint density at radius 1 is 1.15 bits per heavy atom. The number of nitrogens with zero attached hydrogens (tertiary/aromatic N) is 2. The number of aromatic nitrogens is 1. The van der Waals surface area contributed by atoms with Crippen LogP contribution in [0.2, 0.25) is 0 Å². The van der Waals surface area contributed by atoms with E-state index in [0.717, 1.165) is 49.2 Å². The predicted molar refractivity (Wildman–Crippen MR) is 122 cm³/mol. The zero-order valence-corrected chi connectivity index (χ0v) is 19.6. The standard InChI is InChI=1S/C19H34N4OS.HI/c1-15-18(25-16(2)23-15)14-22-19(20-3)21-12-8-9-13-24-17-10-6-4-5-7-11-17;/h17H,4-14H2,1-3H3,(H2,20,21,22);1H. The van der Waals surface area contributed by atoms with Crippen LogP contribution in [0.5, 0.6) is 0 Å². The Bertz CT molecular complexity index is 528. The lowest BCUT2D eigenvalue weighted by Crippen LogP contribution is -2.37. The number of aryl methyl sites for hydroxylation is 2. The Hall–Kier alpha value is -0.410. The van der Waals surface area contributed by atoms with Gasteiger partial charge < -0.3 is 15.4 Å². The van der Waals surface area contributed by atoms with E-state index in [4.69, 9.17) is 4.74 Å². The molecule has 7 heteroatoms. The topological polar surface area (TPSA) is 58.5 Å². The van der Waals surface area contributed by atoms with Gasteiger partial charge in [0.05, 0.1) is 23.4 Å². The van der Waals surface area contributed by atoms with Gasteiger partial charge in [0.25, 0.3) is 0 Å². The number of halogens is 1. The van der Waals surface area contributed by atoms with Crippen LogP contribution in [0.25, 0.3) is 0 Å². The van der Waals surface area contributed by atoms with Crippen molar-refractivity contribution in [3.05, 3.63) is 15.6 Å². The van der Waals surface area contributed by atoms with Gasteiger partial charge in [-0.1, -0.05) is 25.7 Å². The van der Waals surface area contributed by atoms with Crippen LogP contribution >= 0.6 is 35.3 Å². The van der Waals surface area contributed by atoms with Crippen LogP contribution in [0.4, 0.5) is 0 Å². The molecule has 1 heterocycles. The van der Waals surface area contributed by atoms with E-state index in [-0.39, 0.29) is 24.0 Å². The molecule has 1 aromatic rings. The molecular weight excluding hydrogens is 459 g/mol. The number of rotatable bonds is 8. The Balaban J connectivity index is 0.00000338. The number of hydrogen-bond donors (Lipinski definition) is 2. The van der Waals surface area contributed by atoms with Gasteiger partial charge in [-0.25, -0.2) is 4.98 Å². The Labute approximate surface area is 179 Å². The van der Waals surface area contributed by atoms with Gasteiger partial charge in [0.15, 0.2) is 5.96 Å². The fourth-order valence-corrected chi connectivity index (χ4v) is 4.09. The largest absolute Gasteiger partial charge is 0.378 e. The summed E-state index contributed by atoms with van der Waals surface area (Å²) < 4.78 is 6.04. The third-order valence-electron chi connectivity index (χ3n) is 4.66. The van der Waals surface area contributed by atoms with Crippen molar-refractivity contribution >= 4 is 41.3 Å². The molecule has 0 atom stereocenters. The molecule has 26 heavy (non-hydrogen) atoms. The van der Waals surface area contributed by atoms with E-state index in [1.54, 1.807) is 11.3 Å². The highest BCUT2D eigenvalue weighted by atomic mass is 127. The van der Waals surface area contributed by atoms with E-state index < -0.39 is 0 Å². The van der Waals surface area contributed by atoms with Crippen LogP contribution in [-0.2, 0) is 11.3 Å². The van der Waals surface area contributed by atoms with Gasteiger partial charge in [-0.3, -0.25) is 4.99 Å². The molecule has 5 nitrogen and oxygen atoms in total. The van der Waals surface area contributed by atoms with Crippen LogP contribution in [0.1, 0.15) is 66.9 Å². The highest BCUT2D eigenvalue weighted by molar-refractivity contribution is 14.0. The third-order valence-corrected chi connectivity index (χ3v) is 5.73. The molecular formula is C19H35IN4OS. The monoisotopic (exact) mass is 494 g/mol. The lowest BCUT2D eigenvalue weighted by Gasteiger charge is -2.15. The minimum absolute atomic E-state index is 0. The first-order chi connectivity index (χ1) is 12.2. The predicted octanol–water partition coefficient (Wildman–Crippen LogP) is 4.56. The van der Waals surface area contributed by atoms with Crippen LogP contribution < -0.4 is 10.6 Å². The average Bonchev–Trinajstić information content (AvgIpc) is 2.79. The second kappa shape index (κ2) is 13.7. The van der Waals surface area contributed by atoms with E-state index in [0.29, 0.717) is 6.10 Å². The molecule has 1 aromatic heterocycles. The van der Waals surface area contributed by atoms with E-state index in [1.165, 1.54) is 43.4 Å². The lowest BCUT2D eigenvalue weighted by atomic mass is 10.1. The third kappa shape index (κ3) is 8.99. The molecule has 1 aliphatic rings. The average molecular weight is 494 g/mol. The van der Waals surface area contributed by atoms with Crippen molar-refractivity contribution in [2.24, 2.45) is 4.99 Å². The quantitative estimate of drug-likeness (QED) is 0.183. The zero-order valence-electron chi connectivity index (χ0n) is 16.5. The number of ether oxygens (including phenoxy) is 1. The summed E-state index contributed by atoms with van der Waals surface area (Å²) in [5.74, 6) is 0.857. The lowest BCUT2D eigenvalue weighted by molar-refractivity contribution is 0.0411. The highest BCUT2D eigenvalue weighted by Gasteiger charge is 2.12. The summed E-state index contributed by atoms with van der Waals surface area (Å²) in [6.07, 6.45) is 10.7. The normalized spacial score (nSPS) is 16.0. The number of nitrogens with one attached hydrogen (secondary N) is 2. The fraction of sp³-hybridized carbons (Fsp3) is 0.789. The highest BCUT2D eigenvalue weighted by Crippen LogP contribution is 2.20. The second-order valence-electron chi connectivity index (χ2n) is 6.79. The molecule has 2 rings (SSSR count). The van der Waals surface area contributed by atoms with Gasteiger partial charge >= 0.3 is 0 Å². The summed E-state index contributed by atoms with van der Waals surface area (Å²) >= 11 is 1.74. The Kier molecular flexibility index (Phi) is 12.5. The van der Waals surface area contributed by atoms with Gasteiger partial charge in [-0.2, -0.15) is 0 Å². The summed E-state index contributed by atoms with van der Waals surface area (Å²) in [4.78, 5) is 10.0. The van der Waals surface area contributed by atoms with Crippen molar-refractivity contribution in [1.29, 1.82) is 0 Å². The molecule has 0 bridgehead atoms. The van der Waals surface area contributed by atoms with E-state index in [9.17, 15) is 0 Å². The van der Waals surface area contributed by atoms with Crippen LogP contribution in [0.15, 0.2) is 4.99 Å². The van der Waals surface area contributed by atoms with Crippen molar-refractivity contribution in [2.75, 3.05) is 20.2 Å². The summed E-state index contributed by atoms with van der Waals surface area (Å²) in [5, 5.41) is 7.87. The molecule has 150 valence electrons. The number of aliphatic imine (C=N–C) groups is 1. The molecule has 1 aliphatic carbocycles. The Morgan fingerprint density at radius 2 is 1.88 bits per heavy atom. The molecule has 0 aliphatic heterocycles. The molecule has 0 saturated heterocycles. The van der Waals surface area contributed by atoms with Crippen LogP contribution in [0, 0.1) is 13.8 Å². The molecule has 1 fully saturated rings. The molecule has 1 saturated carbocycles. The van der Waals surface area contributed by atoms with Crippen molar-refractivity contribution in [3.8, 4) is 0 Å². The van der Waals surface area contributed by atoms with Crippen LogP contribution in [-0.4, -0.2) is 37.2 Å². The Morgan fingerprint density at radius 3 is 2.50 bits per heavy atom. The summed E-state index contributed by atoms with van der Waals surface area (Å²) in [7, 11) is 1.81. The minimum atomic E-state index is 0. The smallest absolute Gasteiger partial charge is 0.191 e. The van der Waals surface area contributed by atoms with Crippen molar-refractivity contribution in [1.82, 2.24) is 15.6 Å². The fourth-order valence-electron chi connectivity index (χ4n) is 3.21. The number of guanidine groups is 1. The zero-order chi connectivity index (χ0) is 17.9. The molecule has 2 N–H and O–H groups in total. The second-order valence-corrected chi connectivity index (χ2v) is 8.07. The van der Waals surface area contributed by atoms with Crippen molar-refractivity contribution in [2.45, 2.75) is 77.9 Å². The van der Waals surface area contributed by atoms with Gasteiger partial charge in [-0.15, -0.1) is 35.3 Å². The first-order valence-corrected chi connectivity index (χ1v) is 10.5. The van der Waals surface area contributed by atoms with Gasteiger partial charge in [0.2, 0.25) is 0 Å². The first-order valence-electron chi connectivity index (χ1n) is 9.68. The summed E-state index contributed by atoms with van der Waals surface area (Å²) in [6.45, 7) is 6.70. The van der Waals surface area contributed by atoms with E-state index >= 15 is 0 Å². The molecule has 0 aromatic carbocycles. The van der Waals surface area contributed by atoms with Gasteiger partial charge in [0.1, 0.15) is 0 Å². The van der Waals surface area contributed by atoms with Crippen molar-refractivity contribution < 1.29 is 4.74 Å². The maximum absolute atomic E-state index is 6.04. The van der Waals surface area contributed by atoms with Gasteiger partial charge in [-0.05, 0) is 39.5 Å². The number of unbranched alkanes of at least 4 members (excludes halogenated alkanes) is 1. The molecule has 0 amide bonds. The number of thiazole rings is 1. The number of hydrogen-bond acceptors (Lipinski definition) is 4. The molecule has 0 unspecified atom stereocenters. The summed E-state index contributed by atoms with van der Waals surface area (Å²) in [6, 6.07) is 0. The molecule has 0 spiro atoms. The molecule has 0 radical (unpaired) electrons. The van der Waals surface area contributed by atoms with Crippen molar-refractivity contribution in [3.63, 3.8) is 0 Å². The maximum atomic E-state index is 6.04. The van der Waals surface area contributed by atoms with Crippen LogP contribution in [0.3, 0.4) is 0 Å². The van der Waals surface area contributed by atoms with E-state index in [1.807, 2.05) is 14.0 Å². The summed E-state index contributed by atoms with van der Waals surface area (Å²) in [5.41, 5.74) is 1.11. The first kappa shape index (κ1) is 23.6. The SMILES string of the molecule is CN=C(NCCCCOC1CCCCCC1)NCc1sc(C)nc1C.I. The maximum Gasteiger partial charge on any atom is 0.191 e. The van der Waals surface area contributed by atoms with Gasteiger partial charge in [0, 0.05) is 25.1 Å².